The van der Waals surface area contributed by atoms with E-state index >= 15 is 0 Å². The van der Waals surface area contributed by atoms with Crippen molar-refractivity contribution < 1.29 is 9.90 Å². The van der Waals surface area contributed by atoms with E-state index in [9.17, 15) is 9.90 Å². The zero-order chi connectivity index (χ0) is 18.7. The van der Waals surface area contributed by atoms with Crippen molar-refractivity contribution in [3.63, 3.8) is 0 Å². The van der Waals surface area contributed by atoms with E-state index in [0.29, 0.717) is 36.1 Å². The van der Waals surface area contributed by atoms with Crippen LogP contribution >= 0.6 is 0 Å². The zero-order valence-corrected chi connectivity index (χ0v) is 16.7. The Bertz CT molecular complexity index is 702. The van der Waals surface area contributed by atoms with Gasteiger partial charge < -0.3 is 10.0 Å². The number of hydrogen-bond acceptors (Lipinski definition) is 2. The monoisotopic (exact) mass is 355 g/mol. The van der Waals surface area contributed by atoms with Gasteiger partial charge in [0.15, 0.2) is 0 Å². The van der Waals surface area contributed by atoms with E-state index in [0.717, 1.165) is 6.54 Å². The average molecular weight is 356 g/mol. The van der Waals surface area contributed by atoms with Crippen LogP contribution in [0.2, 0.25) is 0 Å². The maximum absolute atomic E-state index is 12.7. The summed E-state index contributed by atoms with van der Waals surface area (Å²) in [6, 6.07) is 9.48. The van der Waals surface area contributed by atoms with Crippen molar-refractivity contribution in [1.29, 1.82) is 0 Å². The highest BCUT2D eigenvalue weighted by atomic mass is 16.3. The molecule has 2 saturated carbocycles. The number of likely N-dealkylation sites (tertiary alicyclic amines) is 1. The smallest absolute Gasteiger partial charge is 0.226 e. The summed E-state index contributed by atoms with van der Waals surface area (Å²) >= 11 is 0. The molecule has 26 heavy (non-hydrogen) atoms. The molecule has 0 bridgehead atoms. The lowest BCUT2D eigenvalue weighted by Crippen LogP contribution is -2.66. The maximum Gasteiger partial charge on any atom is 0.226 e. The lowest BCUT2D eigenvalue weighted by atomic mass is 9.66. The van der Waals surface area contributed by atoms with Crippen LogP contribution in [0.3, 0.4) is 0 Å². The second kappa shape index (κ2) is 6.09. The fourth-order valence-electron chi connectivity index (χ4n) is 5.64. The Kier molecular flexibility index (Phi) is 4.22. The first-order valence-electron chi connectivity index (χ1n) is 10.3. The second-order valence-corrected chi connectivity index (χ2v) is 9.87. The van der Waals surface area contributed by atoms with Gasteiger partial charge in [0.05, 0.1) is 5.60 Å². The van der Waals surface area contributed by atoms with Crippen LogP contribution in [0.4, 0.5) is 0 Å². The van der Waals surface area contributed by atoms with Gasteiger partial charge in [0.2, 0.25) is 5.91 Å². The number of amides is 1. The van der Waals surface area contributed by atoms with Gasteiger partial charge in [0, 0.05) is 23.9 Å². The molecule has 1 heterocycles. The highest BCUT2D eigenvalue weighted by Crippen LogP contribution is 2.56. The van der Waals surface area contributed by atoms with Crippen LogP contribution in [0, 0.1) is 11.3 Å². The number of nitrogens with zero attached hydrogens (tertiary/aromatic N) is 1. The van der Waals surface area contributed by atoms with Crippen molar-refractivity contribution in [3.8, 4) is 0 Å². The van der Waals surface area contributed by atoms with Crippen molar-refractivity contribution in [1.82, 2.24) is 4.90 Å². The largest absolute Gasteiger partial charge is 0.390 e. The van der Waals surface area contributed by atoms with Gasteiger partial charge in [-0.2, -0.15) is 0 Å². The molecule has 3 nitrogen and oxygen atoms in total. The molecule has 1 saturated heterocycles. The topological polar surface area (TPSA) is 40.5 Å². The molecule has 1 N–H and O–H groups in total. The van der Waals surface area contributed by atoms with Crippen LogP contribution in [0.15, 0.2) is 24.3 Å². The van der Waals surface area contributed by atoms with Crippen LogP contribution in [-0.4, -0.2) is 34.1 Å². The average Bonchev–Trinajstić information content (AvgIpc) is 3.04. The fourth-order valence-corrected chi connectivity index (χ4v) is 5.64. The second-order valence-electron chi connectivity index (χ2n) is 9.87. The summed E-state index contributed by atoms with van der Waals surface area (Å²) in [6.45, 7) is 9.51. The quantitative estimate of drug-likeness (QED) is 0.870. The van der Waals surface area contributed by atoms with Crippen LogP contribution in [0.5, 0.6) is 0 Å². The number of carbonyl (C=O) groups excluding carboxylic acids is 1. The predicted octanol–water partition coefficient (Wildman–Crippen LogP) is 4.46. The van der Waals surface area contributed by atoms with Gasteiger partial charge in [-0.25, -0.2) is 0 Å². The molecular formula is C23H33NO2. The summed E-state index contributed by atoms with van der Waals surface area (Å²) in [7, 11) is 0. The summed E-state index contributed by atoms with van der Waals surface area (Å²) < 4.78 is 0. The molecule has 1 aliphatic heterocycles. The first-order chi connectivity index (χ1) is 12.2. The molecule has 1 spiro atoms. The third-order valence-electron chi connectivity index (χ3n) is 7.54. The number of rotatable bonds is 3. The molecule has 142 valence electrons. The van der Waals surface area contributed by atoms with Gasteiger partial charge in [-0.05, 0) is 68.9 Å². The number of aliphatic hydroxyl groups is 1. The summed E-state index contributed by atoms with van der Waals surface area (Å²) in [6.07, 6.45) is 4.95. The molecule has 1 aromatic rings. The Hall–Kier alpha value is -1.35. The molecule has 3 heteroatoms. The third kappa shape index (κ3) is 2.89. The highest BCUT2D eigenvalue weighted by Gasteiger charge is 2.57. The van der Waals surface area contributed by atoms with Gasteiger partial charge >= 0.3 is 0 Å². The lowest BCUT2D eigenvalue weighted by Gasteiger charge is -2.57. The molecule has 2 unspecified atom stereocenters. The Morgan fingerprint density at radius 1 is 1.27 bits per heavy atom. The minimum absolute atomic E-state index is 0.0460. The standard InChI is InChI=1S/C23H33NO2/c1-15(2)17-6-5-7-18(10-17)19-8-9-23(13-19)14-24(16(23)3)21(25)20-11-22(4,26)12-20/h5-7,10,15-16,19-20,26H,8-9,11-14H2,1-4H3/t16?,19-,20-,22+,23?/m1/s1. The summed E-state index contributed by atoms with van der Waals surface area (Å²) in [5.74, 6) is 1.53. The molecule has 3 aliphatic rings. The van der Waals surface area contributed by atoms with Gasteiger partial charge in [-0.3, -0.25) is 4.79 Å². The van der Waals surface area contributed by atoms with Crippen molar-refractivity contribution in [2.45, 2.75) is 83.3 Å². The lowest BCUT2D eigenvalue weighted by molar-refractivity contribution is -0.169. The number of carbonyl (C=O) groups is 1. The fraction of sp³-hybridized carbons (Fsp3) is 0.696. The minimum atomic E-state index is -0.619. The summed E-state index contributed by atoms with van der Waals surface area (Å²) in [5.41, 5.74) is 2.62. The first kappa shape index (κ1) is 18.0. The summed E-state index contributed by atoms with van der Waals surface area (Å²) in [4.78, 5) is 14.8. The normalized spacial score (nSPS) is 39.2. The molecular weight excluding hydrogens is 322 g/mol. The van der Waals surface area contributed by atoms with Crippen LogP contribution in [0.1, 0.15) is 82.8 Å². The van der Waals surface area contributed by atoms with E-state index < -0.39 is 5.60 Å². The van der Waals surface area contributed by atoms with E-state index in [4.69, 9.17) is 0 Å². The number of benzene rings is 1. The summed E-state index contributed by atoms with van der Waals surface area (Å²) in [5, 5.41) is 9.93. The SMILES string of the molecule is CC(C)c1cccc([C@@H]2CCC3(C2)CN(C(=O)[C@H]2C[C@@](C)(O)C2)C3C)c1. The van der Waals surface area contributed by atoms with Crippen molar-refractivity contribution in [2.24, 2.45) is 11.3 Å². The maximum atomic E-state index is 12.7. The molecule has 4 rings (SSSR count). The van der Waals surface area contributed by atoms with Gasteiger partial charge in [-0.15, -0.1) is 0 Å². The van der Waals surface area contributed by atoms with Crippen LogP contribution < -0.4 is 0 Å². The minimum Gasteiger partial charge on any atom is -0.390 e. The molecule has 0 aromatic heterocycles. The van der Waals surface area contributed by atoms with E-state index in [1.54, 1.807) is 0 Å². The van der Waals surface area contributed by atoms with E-state index in [1.807, 2.05) is 6.92 Å². The molecule has 1 aromatic carbocycles. The Labute approximate surface area is 157 Å². The molecule has 3 atom stereocenters. The number of hydrogen-bond donors (Lipinski definition) is 1. The van der Waals surface area contributed by atoms with E-state index in [-0.39, 0.29) is 11.8 Å². The van der Waals surface area contributed by atoms with Crippen molar-refractivity contribution in [2.75, 3.05) is 6.54 Å². The van der Waals surface area contributed by atoms with Crippen LogP contribution in [0.25, 0.3) is 0 Å². The van der Waals surface area contributed by atoms with Crippen molar-refractivity contribution >= 4 is 5.91 Å². The molecule has 0 radical (unpaired) electrons. The first-order valence-corrected chi connectivity index (χ1v) is 10.3. The van der Waals surface area contributed by atoms with Gasteiger partial charge in [0.25, 0.3) is 0 Å². The highest BCUT2D eigenvalue weighted by molar-refractivity contribution is 5.81. The van der Waals surface area contributed by atoms with E-state index in [1.165, 1.54) is 30.4 Å². The van der Waals surface area contributed by atoms with Gasteiger partial charge in [0.1, 0.15) is 0 Å². The van der Waals surface area contributed by atoms with E-state index in [2.05, 4.69) is 49.9 Å². The Balaban J connectivity index is 1.40. The molecule has 3 fully saturated rings. The predicted molar refractivity (Wildman–Crippen MR) is 104 cm³/mol. The zero-order valence-electron chi connectivity index (χ0n) is 16.7. The Morgan fingerprint density at radius 3 is 2.62 bits per heavy atom. The molecule has 2 aliphatic carbocycles. The molecule has 1 amide bonds. The van der Waals surface area contributed by atoms with Crippen LogP contribution in [-0.2, 0) is 4.79 Å². The van der Waals surface area contributed by atoms with Crippen molar-refractivity contribution in [3.05, 3.63) is 35.4 Å². The Morgan fingerprint density at radius 2 is 2.00 bits per heavy atom. The van der Waals surface area contributed by atoms with Gasteiger partial charge in [-0.1, -0.05) is 38.1 Å². The third-order valence-corrected chi connectivity index (χ3v) is 7.54.